The Balaban J connectivity index is 1.37. The van der Waals surface area contributed by atoms with E-state index in [1.54, 1.807) is 17.2 Å². The first-order valence-electron chi connectivity index (χ1n) is 9.94. The lowest BCUT2D eigenvalue weighted by Crippen LogP contribution is -2.40. The summed E-state index contributed by atoms with van der Waals surface area (Å²) in [5.41, 5.74) is 5.03. The number of hydrogen-bond acceptors (Lipinski definition) is 7. The van der Waals surface area contributed by atoms with Crippen LogP contribution in [-0.4, -0.2) is 45.9 Å². The number of carbonyl (C=O) groups is 2. The van der Waals surface area contributed by atoms with Gasteiger partial charge in [0, 0.05) is 24.8 Å². The first kappa shape index (κ1) is 19.3. The topological polar surface area (TPSA) is 118 Å². The van der Waals surface area contributed by atoms with Crippen molar-refractivity contribution in [3.63, 3.8) is 0 Å². The highest BCUT2D eigenvalue weighted by molar-refractivity contribution is 5.94. The average molecular weight is 420 g/mol. The molecule has 1 aromatic carbocycles. The Morgan fingerprint density at radius 2 is 2.06 bits per heavy atom. The van der Waals surface area contributed by atoms with Gasteiger partial charge in [-0.05, 0) is 35.7 Å². The van der Waals surface area contributed by atoms with Crippen molar-refractivity contribution in [2.75, 3.05) is 11.4 Å². The van der Waals surface area contributed by atoms with Gasteiger partial charge in [-0.25, -0.2) is 4.79 Å². The minimum absolute atomic E-state index is 0.127. The number of cyclic esters (lactones) is 1. The molecule has 2 aliphatic heterocycles. The maximum Gasteiger partial charge on any atom is 0.415 e. The van der Waals surface area contributed by atoms with E-state index in [0.29, 0.717) is 30.1 Å². The Morgan fingerprint density at radius 1 is 1.23 bits per heavy atom. The highest BCUT2D eigenvalue weighted by Gasteiger charge is 2.47. The van der Waals surface area contributed by atoms with Crippen molar-refractivity contribution < 1.29 is 24.0 Å². The van der Waals surface area contributed by atoms with E-state index in [1.165, 1.54) is 6.92 Å². The van der Waals surface area contributed by atoms with E-state index in [0.717, 1.165) is 22.4 Å². The number of aliphatic hydroxyl groups excluding tert-OH is 1. The van der Waals surface area contributed by atoms with Gasteiger partial charge in [0.05, 0.1) is 24.0 Å². The molecule has 9 heteroatoms. The lowest BCUT2D eigenvalue weighted by Gasteiger charge is -2.16. The molecular weight excluding hydrogens is 400 g/mol. The normalized spacial score (nSPS) is 19.2. The lowest BCUT2D eigenvalue weighted by atomic mass is 10.0. The van der Waals surface area contributed by atoms with Gasteiger partial charge in [-0.3, -0.25) is 14.7 Å². The third-order valence-corrected chi connectivity index (χ3v) is 5.60. The van der Waals surface area contributed by atoms with Crippen molar-refractivity contribution in [1.29, 1.82) is 0 Å². The summed E-state index contributed by atoms with van der Waals surface area (Å²) < 4.78 is 10.5. The van der Waals surface area contributed by atoms with Crippen molar-refractivity contribution in [2.24, 2.45) is 0 Å². The van der Waals surface area contributed by atoms with Gasteiger partial charge < -0.3 is 19.7 Å². The van der Waals surface area contributed by atoms with Gasteiger partial charge in [-0.1, -0.05) is 17.3 Å². The number of ether oxygens (including phenoxy) is 1. The first-order chi connectivity index (χ1) is 15.0. The molecule has 0 radical (unpaired) electrons. The number of nitrogens with zero attached hydrogens (tertiary/aromatic N) is 3. The summed E-state index contributed by atoms with van der Waals surface area (Å²) in [6.45, 7) is 1.53. The van der Waals surface area contributed by atoms with Crippen LogP contribution in [0.5, 0.6) is 0 Å². The van der Waals surface area contributed by atoms with Crippen LogP contribution in [0.1, 0.15) is 18.2 Å². The number of aliphatic hydroxyl groups is 1. The van der Waals surface area contributed by atoms with E-state index in [1.807, 2.05) is 24.3 Å². The number of aromatic nitrogens is 2. The molecule has 2 aliphatic rings. The van der Waals surface area contributed by atoms with Gasteiger partial charge in [0.1, 0.15) is 18.4 Å². The number of amides is 2. The largest absolute Gasteiger partial charge is 0.442 e. The monoisotopic (exact) mass is 420 g/mol. The van der Waals surface area contributed by atoms with E-state index in [-0.39, 0.29) is 30.8 Å². The molecule has 2 atom stereocenters. The maximum absolute atomic E-state index is 12.4. The Bertz CT molecular complexity index is 1160. The van der Waals surface area contributed by atoms with Crippen molar-refractivity contribution in [2.45, 2.75) is 32.1 Å². The molecule has 4 heterocycles. The number of pyridine rings is 1. The fourth-order valence-corrected chi connectivity index (χ4v) is 4.10. The van der Waals surface area contributed by atoms with Gasteiger partial charge in [0.2, 0.25) is 5.91 Å². The van der Waals surface area contributed by atoms with Crippen LogP contribution in [0.3, 0.4) is 0 Å². The fraction of sp³-hybridized carbons (Fsp3) is 0.273. The first-order valence-corrected chi connectivity index (χ1v) is 9.94. The highest BCUT2D eigenvalue weighted by Crippen LogP contribution is 2.40. The van der Waals surface area contributed by atoms with E-state index in [2.05, 4.69) is 21.5 Å². The summed E-state index contributed by atoms with van der Waals surface area (Å²) in [5.74, 6) is 0.233. The molecule has 1 fully saturated rings. The molecule has 0 saturated carbocycles. The molecule has 1 unspecified atom stereocenters. The second-order valence-electron chi connectivity index (χ2n) is 7.61. The molecular formula is C22H20N4O5. The van der Waals surface area contributed by atoms with E-state index in [4.69, 9.17) is 14.4 Å². The maximum atomic E-state index is 12.4. The standard InChI is InChI=1S/C22H20N4O5/c1-12(28)23-10-21-20-7-15-6-13(3-5-19(15)26(20)22(29)30-21)14-2-4-17(24-9-14)18-8-16(11-27)31-25-18/h2-6,8-9,20-21,27H,7,10-11H2,1H3,(H,23,28)/t20?,21-/m0/s1. The van der Waals surface area contributed by atoms with E-state index < -0.39 is 0 Å². The summed E-state index contributed by atoms with van der Waals surface area (Å²) in [7, 11) is 0. The zero-order valence-corrected chi connectivity index (χ0v) is 16.7. The zero-order chi connectivity index (χ0) is 21.5. The zero-order valence-electron chi connectivity index (χ0n) is 16.7. The predicted molar refractivity (Wildman–Crippen MR) is 110 cm³/mol. The number of benzene rings is 1. The fourth-order valence-electron chi connectivity index (χ4n) is 4.10. The molecule has 5 rings (SSSR count). The van der Waals surface area contributed by atoms with E-state index in [9.17, 15) is 9.59 Å². The molecule has 9 nitrogen and oxygen atoms in total. The molecule has 0 bridgehead atoms. The van der Waals surface area contributed by atoms with E-state index >= 15 is 0 Å². The molecule has 2 amide bonds. The Hall–Kier alpha value is -3.72. The third kappa shape index (κ3) is 3.42. The quantitative estimate of drug-likeness (QED) is 0.650. The van der Waals surface area contributed by atoms with Crippen LogP contribution in [0, 0.1) is 0 Å². The lowest BCUT2D eigenvalue weighted by molar-refractivity contribution is -0.119. The van der Waals surface area contributed by atoms with Gasteiger partial charge in [-0.15, -0.1) is 0 Å². The van der Waals surface area contributed by atoms with Gasteiger partial charge >= 0.3 is 6.09 Å². The molecule has 0 spiro atoms. The summed E-state index contributed by atoms with van der Waals surface area (Å²) >= 11 is 0. The average Bonchev–Trinajstić information content (AvgIpc) is 3.47. The summed E-state index contributed by atoms with van der Waals surface area (Å²) in [6.07, 6.45) is 1.66. The van der Waals surface area contributed by atoms with Gasteiger partial charge in [0.15, 0.2) is 5.76 Å². The van der Waals surface area contributed by atoms with Gasteiger partial charge in [-0.2, -0.15) is 0 Å². The van der Waals surface area contributed by atoms with Crippen molar-refractivity contribution in [1.82, 2.24) is 15.5 Å². The molecule has 31 heavy (non-hydrogen) atoms. The molecule has 158 valence electrons. The Kier molecular flexibility index (Phi) is 4.67. The number of hydrogen-bond donors (Lipinski definition) is 2. The summed E-state index contributed by atoms with van der Waals surface area (Å²) in [5, 5.41) is 15.7. The van der Waals surface area contributed by atoms with Gasteiger partial charge in [0.25, 0.3) is 0 Å². The second kappa shape index (κ2) is 7.51. The van der Waals surface area contributed by atoms with Crippen LogP contribution in [0.15, 0.2) is 47.1 Å². The third-order valence-electron chi connectivity index (χ3n) is 5.60. The SMILES string of the molecule is CC(=O)NC[C@@H]1OC(=O)N2c3ccc(-c4ccc(-c5cc(CO)on5)nc4)cc3CC12. The van der Waals surface area contributed by atoms with Crippen LogP contribution >= 0.6 is 0 Å². The second-order valence-corrected chi connectivity index (χ2v) is 7.61. The molecule has 2 aromatic heterocycles. The number of rotatable bonds is 5. The van der Waals surface area contributed by atoms with Crippen LogP contribution in [0.2, 0.25) is 0 Å². The Morgan fingerprint density at radius 3 is 2.77 bits per heavy atom. The smallest absolute Gasteiger partial charge is 0.415 e. The predicted octanol–water partition coefficient (Wildman–Crippen LogP) is 2.28. The van der Waals surface area contributed by atoms with Crippen molar-refractivity contribution in [3.8, 4) is 22.5 Å². The van der Waals surface area contributed by atoms with Crippen LogP contribution in [0.25, 0.3) is 22.5 Å². The number of nitrogens with one attached hydrogen (secondary N) is 1. The summed E-state index contributed by atoms with van der Waals surface area (Å²) in [4.78, 5) is 29.7. The number of anilines is 1. The number of carbonyl (C=O) groups excluding carboxylic acids is 2. The highest BCUT2D eigenvalue weighted by atomic mass is 16.6. The van der Waals surface area contributed by atoms with Crippen LogP contribution < -0.4 is 10.2 Å². The van der Waals surface area contributed by atoms with Crippen molar-refractivity contribution in [3.05, 3.63) is 53.9 Å². The molecule has 3 aromatic rings. The van der Waals surface area contributed by atoms with Crippen LogP contribution in [-0.2, 0) is 22.6 Å². The minimum atomic E-state index is -0.382. The molecule has 2 N–H and O–H groups in total. The Labute approximate surface area is 177 Å². The molecule has 0 aliphatic carbocycles. The minimum Gasteiger partial charge on any atom is -0.442 e. The van der Waals surface area contributed by atoms with Crippen molar-refractivity contribution >= 4 is 17.7 Å². The molecule has 1 saturated heterocycles. The number of fused-ring (bicyclic) bond motifs is 3. The van der Waals surface area contributed by atoms with Crippen LogP contribution in [0.4, 0.5) is 10.5 Å². The summed E-state index contributed by atoms with van der Waals surface area (Å²) in [6, 6.07) is 11.3.